The van der Waals surface area contributed by atoms with E-state index in [1.165, 1.54) is 7.11 Å². The van der Waals surface area contributed by atoms with E-state index in [0.717, 1.165) is 5.56 Å². The lowest BCUT2D eigenvalue weighted by Crippen LogP contribution is -2.53. The number of aryl methyl sites for hydroxylation is 1. The summed E-state index contributed by atoms with van der Waals surface area (Å²) in [6.07, 6.45) is 5.67. The van der Waals surface area contributed by atoms with Crippen molar-refractivity contribution in [3.05, 3.63) is 48.0 Å². The van der Waals surface area contributed by atoms with Crippen molar-refractivity contribution in [3.63, 3.8) is 0 Å². The fraction of sp³-hybridized carbons (Fsp3) is 0.312. The lowest BCUT2D eigenvalue weighted by molar-refractivity contribution is -0.121. The van der Waals surface area contributed by atoms with E-state index in [1.54, 1.807) is 41.5 Å². The molecule has 2 N–H and O–H groups in total. The molecule has 1 aromatic carbocycles. The smallest absolute Gasteiger partial charge is 0.534 e. The normalized spacial score (nSPS) is 15.9. The lowest BCUT2D eigenvalue weighted by atomic mass is 9.72. The molecule has 2 heterocycles. The standard InChI is InChI=1S/C16H18BN3O5/c1-24-16(22)12-4-2-3-11-9-13(17(23)25-15(11)12)19-14(21)5-7-20-8-6-18-10-20/h2-4,6,8,10,13,23H,5,7,9H2,1H3,(H,19,21)/t13-/m0/s1. The maximum atomic E-state index is 12.1. The van der Waals surface area contributed by atoms with Crippen molar-refractivity contribution in [1.29, 1.82) is 0 Å². The topological polar surface area (TPSA) is 103 Å². The highest BCUT2D eigenvalue weighted by molar-refractivity contribution is 6.47. The molecule has 0 aliphatic carbocycles. The largest absolute Gasteiger partial charge is 0.547 e. The molecule has 1 aromatic heterocycles. The van der Waals surface area contributed by atoms with Crippen molar-refractivity contribution in [2.75, 3.05) is 7.11 Å². The quantitative estimate of drug-likeness (QED) is 0.594. The highest BCUT2D eigenvalue weighted by Gasteiger charge is 2.37. The Hall–Kier alpha value is -2.81. The molecule has 0 spiro atoms. The Bertz CT molecular complexity index is 765. The van der Waals surface area contributed by atoms with Gasteiger partial charge in [0.1, 0.15) is 11.3 Å². The fourth-order valence-corrected chi connectivity index (χ4v) is 2.75. The number of methoxy groups -OCH3 is 1. The van der Waals surface area contributed by atoms with Gasteiger partial charge in [-0.3, -0.25) is 4.79 Å². The van der Waals surface area contributed by atoms with Crippen LogP contribution in [0.5, 0.6) is 5.75 Å². The molecule has 0 saturated carbocycles. The molecule has 1 amide bonds. The number of fused-ring (bicyclic) bond motifs is 1. The van der Waals surface area contributed by atoms with Gasteiger partial charge in [-0.2, -0.15) is 0 Å². The summed E-state index contributed by atoms with van der Waals surface area (Å²) < 4.78 is 12.0. The molecule has 0 unspecified atom stereocenters. The number of amides is 1. The Morgan fingerprint density at radius 2 is 2.36 bits per heavy atom. The van der Waals surface area contributed by atoms with Crippen molar-refractivity contribution in [3.8, 4) is 5.75 Å². The second-order valence-electron chi connectivity index (χ2n) is 5.72. The van der Waals surface area contributed by atoms with Gasteiger partial charge in [-0.1, -0.05) is 12.1 Å². The van der Waals surface area contributed by atoms with Gasteiger partial charge in [0.15, 0.2) is 0 Å². The predicted octanol–water partition coefficient (Wildman–Crippen LogP) is 0.199. The minimum Gasteiger partial charge on any atom is -0.534 e. The van der Waals surface area contributed by atoms with Gasteiger partial charge in [0.05, 0.1) is 19.4 Å². The Labute approximate surface area is 144 Å². The zero-order chi connectivity index (χ0) is 17.8. The summed E-state index contributed by atoms with van der Waals surface area (Å²) in [4.78, 5) is 27.8. The molecule has 1 aliphatic rings. The summed E-state index contributed by atoms with van der Waals surface area (Å²) in [6.45, 7) is 0.499. The van der Waals surface area contributed by atoms with Gasteiger partial charge >= 0.3 is 13.1 Å². The van der Waals surface area contributed by atoms with Crippen LogP contribution >= 0.6 is 0 Å². The van der Waals surface area contributed by atoms with E-state index in [2.05, 4.69) is 10.3 Å². The van der Waals surface area contributed by atoms with Crippen molar-refractivity contribution in [2.45, 2.75) is 25.3 Å². The van der Waals surface area contributed by atoms with Gasteiger partial charge in [0.2, 0.25) is 5.91 Å². The van der Waals surface area contributed by atoms with Crippen LogP contribution in [-0.2, 0) is 22.5 Å². The summed E-state index contributed by atoms with van der Waals surface area (Å²) in [6, 6.07) is 5.07. The molecule has 3 rings (SSSR count). The zero-order valence-electron chi connectivity index (χ0n) is 13.7. The number of nitrogens with one attached hydrogen (secondary N) is 1. The molecule has 130 valence electrons. The summed E-state index contributed by atoms with van der Waals surface area (Å²) in [5, 5.41) is 13.0. The number of ether oxygens (including phenoxy) is 1. The molecule has 8 nitrogen and oxygen atoms in total. The highest BCUT2D eigenvalue weighted by Crippen LogP contribution is 2.30. The van der Waals surface area contributed by atoms with Crippen LogP contribution in [-0.4, -0.2) is 46.6 Å². The Kier molecular flexibility index (Phi) is 5.04. The molecule has 0 saturated heterocycles. The Morgan fingerprint density at radius 1 is 1.52 bits per heavy atom. The molecular formula is C16H18BN3O5. The number of esters is 1. The minimum absolute atomic E-state index is 0.200. The molecular weight excluding hydrogens is 325 g/mol. The van der Waals surface area contributed by atoms with Gasteiger partial charge in [-0.05, 0) is 18.1 Å². The van der Waals surface area contributed by atoms with Gasteiger partial charge < -0.3 is 24.3 Å². The highest BCUT2D eigenvalue weighted by atomic mass is 16.5. The molecule has 25 heavy (non-hydrogen) atoms. The summed E-state index contributed by atoms with van der Waals surface area (Å²) in [5.74, 6) is -1.03. The number of imidazole rings is 1. The second kappa shape index (κ2) is 7.39. The summed E-state index contributed by atoms with van der Waals surface area (Å²) in [5.41, 5.74) is 0.983. The predicted molar refractivity (Wildman–Crippen MR) is 88.9 cm³/mol. The first-order valence-electron chi connectivity index (χ1n) is 7.88. The van der Waals surface area contributed by atoms with Gasteiger partial charge in [-0.25, -0.2) is 9.78 Å². The number of carbonyl (C=O) groups excluding carboxylic acids is 2. The van der Waals surface area contributed by atoms with Crippen LogP contribution in [0.25, 0.3) is 0 Å². The number of hydrogen-bond donors (Lipinski definition) is 2. The third-order valence-corrected chi connectivity index (χ3v) is 4.03. The van der Waals surface area contributed by atoms with E-state index in [-0.39, 0.29) is 17.9 Å². The van der Waals surface area contributed by atoms with Crippen LogP contribution in [0.1, 0.15) is 22.3 Å². The lowest BCUT2D eigenvalue weighted by Gasteiger charge is -2.29. The van der Waals surface area contributed by atoms with Crippen LogP contribution < -0.4 is 9.97 Å². The molecule has 2 aromatic rings. The zero-order valence-corrected chi connectivity index (χ0v) is 13.7. The van der Waals surface area contributed by atoms with Crippen LogP contribution in [0.2, 0.25) is 0 Å². The van der Waals surface area contributed by atoms with Crippen molar-refractivity contribution in [1.82, 2.24) is 14.9 Å². The van der Waals surface area contributed by atoms with E-state index in [4.69, 9.17) is 9.39 Å². The molecule has 1 atom stereocenters. The SMILES string of the molecule is COC(=O)c1cccc2c1OB(O)[C@@H](NC(=O)CCn1ccnc1)C2. The van der Waals surface area contributed by atoms with Crippen LogP contribution in [0, 0.1) is 0 Å². The van der Waals surface area contributed by atoms with E-state index in [1.807, 2.05) is 0 Å². The number of rotatable bonds is 5. The van der Waals surface area contributed by atoms with Crippen molar-refractivity contribution < 1.29 is 24.0 Å². The van der Waals surface area contributed by atoms with E-state index < -0.39 is 19.0 Å². The number of para-hydroxylation sites is 1. The molecule has 9 heteroatoms. The van der Waals surface area contributed by atoms with E-state index in [9.17, 15) is 14.6 Å². The number of aromatic nitrogens is 2. The minimum atomic E-state index is -1.24. The number of nitrogens with zero attached hydrogens (tertiary/aromatic N) is 2. The molecule has 0 bridgehead atoms. The molecule has 0 fully saturated rings. The monoisotopic (exact) mass is 343 g/mol. The second-order valence-corrected chi connectivity index (χ2v) is 5.72. The first-order chi connectivity index (χ1) is 12.1. The van der Waals surface area contributed by atoms with E-state index >= 15 is 0 Å². The average Bonchev–Trinajstić information content (AvgIpc) is 3.13. The van der Waals surface area contributed by atoms with Crippen molar-refractivity contribution in [2.24, 2.45) is 0 Å². The Balaban J connectivity index is 1.65. The number of carbonyl (C=O) groups is 2. The van der Waals surface area contributed by atoms with Gasteiger partial charge in [-0.15, -0.1) is 0 Å². The van der Waals surface area contributed by atoms with Crippen molar-refractivity contribution >= 4 is 19.0 Å². The first-order valence-corrected chi connectivity index (χ1v) is 7.88. The van der Waals surface area contributed by atoms with Gasteiger partial charge in [0.25, 0.3) is 0 Å². The maximum absolute atomic E-state index is 12.1. The third-order valence-electron chi connectivity index (χ3n) is 4.03. The Morgan fingerprint density at radius 3 is 3.08 bits per heavy atom. The van der Waals surface area contributed by atoms with Crippen LogP contribution in [0.4, 0.5) is 0 Å². The molecule has 1 aliphatic heterocycles. The first kappa shape index (κ1) is 17.0. The van der Waals surface area contributed by atoms with Gasteiger partial charge in [0, 0.05) is 25.4 Å². The average molecular weight is 343 g/mol. The number of benzene rings is 1. The number of hydrogen-bond acceptors (Lipinski definition) is 6. The van der Waals surface area contributed by atoms with E-state index in [0.29, 0.717) is 18.7 Å². The summed E-state index contributed by atoms with van der Waals surface area (Å²) >= 11 is 0. The third kappa shape index (κ3) is 3.82. The van der Waals surface area contributed by atoms with Crippen LogP contribution in [0.15, 0.2) is 36.9 Å². The molecule has 0 radical (unpaired) electrons. The fourth-order valence-electron chi connectivity index (χ4n) is 2.75. The van der Waals surface area contributed by atoms with Crippen LogP contribution in [0.3, 0.4) is 0 Å². The maximum Gasteiger partial charge on any atom is 0.547 e. The summed E-state index contributed by atoms with van der Waals surface area (Å²) in [7, 11) is 0.0417.